The maximum atomic E-state index is 6.17. The SMILES string of the molecule is CCCC(N)c1cc2c(s1)CCCC2OC. The normalized spacial score (nSPS) is 21.8. The Morgan fingerprint density at radius 3 is 3.12 bits per heavy atom. The highest BCUT2D eigenvalue weighted by molar-refractivity contribution is 7.12. The molecule has 0 bridgehead atoms. The van der Waals surface area contributed by atoms with Crippen LogP contribution < -0.4 is 5.73 Å². The van der Waals surface area contributed by atoms with Gasteiger partial charge in [0.05, 0.1) is 6.10 Å². The molecule has 3 heteroatoms. The Hall–Kier alpha value is -0.380. The molecule has 0 amide bonds. The summed E-state index contributed by atoms with van der Waals surface area (Å²) in [5.41, 5.74) is 7.58. The van der Waals surface area contributed by atoms with Crippen LogP contribution in [0.4, 0.5) is 0 Å². The van der Waals surface area contributed by atoms with Crippen LogP contribution in [0.25, 0.3) is 0 Å². The van der Waals surface area contributed by atoms with Crippen LogP contribution in [0.5, 0.6) is 0 Å². The van der Waals surface area contributed by atoms with E-state index in [0.717, 1.165) is 19.3 Å². The van der Waals surface area contributed by atoms with Crippen LogP contribution in [-0.4, -0.2) is 7.11 Å². The van der Waals surface area contributed by atoms with Gasteiger partial charge >= 0.3 is 0 Å². The van der Waals surface area contributed by atoms with Crippen molar-refractivity contribution < 1.29 is 4.74 Å². The van der Waals surface area contributed by atoms with E-state index in [9.17, 15) is 0 Å². The third-order valence-corrected chi connectivity index (χ3v) is 4.67. The summed E-state index contributed by atoms with van der Waals surface area (Å²) in [7, 11) is 1.81. The Labute approximate surface area is 102 Å². The van der Waals surface area contributed by atoms with Crippen molar-refractivity contribution in [1.29, 1.82) is 0 Å². The second-order valence-corrected chi connectivity index (χ2v) is 5.71. The van der Waals surface area contributed by atoms with Crippen LogP contribution in [-0.2, 0) is 11.2 Å². The predicted octanol–water partition coefficient (Wildman–Crippen LogP) is 3.57. The number of methoxy groups -OCH3 is 1. The van der Waals surface area contributed by atoms with E-state index in [0.29, 0.717) is 6.10 Å². The first-order valence-electron chi connectivity index (χ1n) is 6.17. The molecular formula is C13H21NOS. The van der Waals surface area contributed by atoms with Gasteiger partial charge in [-0.1, -0.05) is 13.3 Å². The third kappa shape index (κ3) is 2.31. The number of hydrogen-bond acceptors (Lipinski definition) is 3. The summed E-state index contributed by atoms with van der Waals surface area (Å²) < 4.78 is 5.54. The highest BCUT2D eigenvalue weighted by Gasteiger charge is 2.23. The molecule has 2 atom stereocenters. The molecule has 0 aromatic carbocycles. The molecule has 0 radical (unpaired) electrons. The monoisotopic (exact) mass is 239 g/mol. The Morgan fingerprint density at radius 1 is 1.62 bits per heavy atom. The van der Waals surface area contributed by atoms with E-state index >= 15 is 0 Å². The van der Waals surface area contributed by atoms with E-state index in [1.54, 1.807) is 0 Å². The molecule has 0 spiro atoms. The van der Waals surface area contributed by atoms with Crippen molar-refractivity contribution in [2.45, 2.75) is 51.2 Å². The number of hydrogen-bond donors (Lipinski definition) is 1. The molecule has 0 aliphatic heterocycles. The highest BCUT2D eigenvalue weighted by atomic mass is 32.1. The summed E-state index contributed by atoms with van der Waals surface area (Å²) in [5, 5.41) is 0. The Balaban J connectivity index is 2.21. The van der Waals surface area contributed by atoms with Gasteiger partial charge in [-0.05, 0) is 37.3 Å². The minimum atomic E-state index is 0.220. The quantitative estimate of drug-likeness (QED) is 0.871. The maximum Gasteiger partial charge on any atom is 0.0832 e. The average Bonchev–Trinajstić information content (AvgIpc) is 2.72. The molecule has 1 aromatic heterocycles. The minimum absolute atomic E-state index is 0.220. The van der Waals surface area contributed by atoms with Crippen LogP contribution in [0.2, 0.25) is 0 Å². The van der Waals surface area contributed by atoms with E-state index in [1.165, 1.54) is 28.2 Å². The second kappa shape index (κ2) is 5.30. The molecule has 2 N–H and O–H groups in total. The van der Waals surface area contributed by atoms with Crippen molar-refractivity contribution in [2.75, 3.05) is 7.11 Å². The first-order valence-corrected chi connectivity index (χ1v) is 6.98. The molecule has 2 nitrogen and oxygen atoms in total. The largest absolute Gasteiger partial charge is 0.377 e. The summed E-state index contributed by atoms with van der Waals surface area (Å²) >= 11 is 1.90. The maximum absolute atomic E-state index is 6.17. The molecule has 0 saturated carbocycles. The zero-order valence-electron chi connectivity index (χ0n) is 10.2. The van der Waals surface area contributed by atoms with E-state index in [-0.39, 0.29) is 6.04 Å². The van der Waals surface area contributed by atoms with Gasteiger partial charge in [0, 0.05) is 22.9 Å². The first kappa shape index (κ1) is 12.1. The molecule has 16 heavy (non-hydrogen) atoms. The van der Waals surface area contributed by atoms with Gasteiger partial charge in [0.15, 0.2) is 0 Å². The van der Waals surface area contributed by atoms with Crippen LogP contribution >= 0.6 is 11.3 Å². The number of fused-ring (bicyclic) bond motifs is 1. The molecular weight excluding hydrogens is 218 g/mol. The van der Waals surface area contributed by atoms with Gasteiger partial charge in [-0.15, -0.1) is 11.3 Å². The Kier molecular flexibility index (Phi) is 4.00. The Morgan fingerprint density at radius 2 is 2.44 bits per heavy atom. The van der Waals surface area contributed by atoms with Gasteiger partial charge in [0.2, 0.25) is 0 Å². The summed E-state index contributed by atoms with van der Waals surface area (Å²) in [6.07, 6.45) is 6.15. The standard InChI is InChI=1S/C13H21NOS/c1-3-5-10(14)13-8-9-11(15-2)6-4-7-12(9)16-13/h8,10-11H,3-7,14H2,1-2H3. The summed E-state index contributed by atoms with van der Waals surface area (Å²) in [4.78, 5) is 2.84. The van der Waals surface area contributed by atoms with Crippen molar-refractivity contribution in [1.82, 2.24) is 0 Å². The van der Waals surface area contributed by atoms with Gasteiger partial charge < -0.3 is 10.5 Å². The van der Waals surface area contributed by atoms with Crippen molar-refractivity contribution in [3.05, 3.63) is 21.4 Å². The zero-order valence-corrected chi connectivity index (χ0v) is 11.0. The molecule has 2 rings (SSSR count). The summed E-state index contributed by atoms with van der Waals surface area (Å²) in [6, 6.07) is 2.51. The van der Waals surface area contributed by atoms with E-state index in [4.69, 9.17) is 10.5 Å². The Bertz CT molecular complexity index is 348. The van der Waals surface area contributed by atoms with Crippen molar-refractivity contribution in [3.63, 3.8) is 0 Å². The molecule has 90 valence electrons. The molecule has 0 fully saturated rings. The van der Waals surface area contributed by atoms with Crippen molar-refractivity contribution in [2.24, 2.45) is 5.73 Å². The lowest BCUT2D eigenvalue weighted by molar-refractivity contribution is 0.0888. The second-order valence-electron chi connectivity index (χ2n) is 4.54. The smallest absolute Gasteiger partial charge is 0.0832 e. The first-order chi connectivity index (χ1) is 7.76. The molecule has 2 unspecified atom stereocenters. The van der Waals surface area contributed by atoms with Gasteiger partial charge in [0.1, 0.15) is 0 Å². The van der Waals surface area contributed by atoms with Crippen LogP contribution in [0.15, 0.2) is 6.07 Å². The number of rotatable bonds is 4. The van der Waals surface area contributed by atoms with Crippen LogP contribution in [0.3, 0.4) is 0 Å². The summed E-state index contributed by atoms with van der Waals surface area (Å²) in [5.74, 6) is 0. The van der Waals surface area contributed by atoms with Crippen LogP contribution in [0, 0.1) is 0 Å². The summed E-state index contributed by atoms with van der Waals surface area (Å²) in [6.45, 7) is 2.19. The number of nitrogens with two attached hydrogens (primary N) is 1. The number of ether oxygens (including phenoxy) is 1. The van der Waals surface area contributed by atoms with Gasteiger partial charge in [-0.25, -0.2) is 0 Å². The van der Waals surface area contributed by atoms with Crippen molar-refractivity contribution >= 4 is 11.3 Å². The fourth-order valence-corrected chi connectivity index (χ4v) is 3.71. The lowest BCUT2D eigenvalue weighted by Crippen LogP contribution is -2.09. The van der Waals surface area contributed by atoms with Crippen LogP contribution in [0.1, 0.15) is 60.1 Å². The zero-order chi connectivity index (χ0) is 11.5. The minimum Gasteiger partial charge on any atom is -0.377 e. The highest BCUT2D eigenvalue weighted by Crippen LogP contribution is 2.39. The molecule has 0 saturated heterocycles. The van der Waals surface area contributed by atoms with Gasteiger partial charge in [-0.3, -0.25) is 0 Å². The third-order valence-electron chi connectivity index (χ3n) is 3.33. The van der Waals surface area contributed by atoms with Gasteiger partial charge in [0.25, 0.3) is 0 Å². The number of thiophene rings is 1. The molecule has 1 aromatic rings. The lowest BCUT2D eigenvalue weighted by Gasteiger charge is -2.20. The topological polar surface area (TPSA) is 35.2 Å². The van der Waals surface area contributed by atoms with Gasteiger partial charge in [-0.2, -0.15) is 0 Å². The van der Waals surface area contributed by atoms with Crippen molar-refractivity contribution in [3.8, 4) is 0 Å². The van der Waals surface area contributed by atoms with E-state index in [2.05, 4.69) is 13.0 Å². The van der Waals surface area contributed by atoms with E-state index in [1.807, 2.05) is 18.4 Å². The number of aryl methyl sites for hydroxylation is 1. The predicted molar refractivity (Wildman–Crippen MR) is 68.8 cm³/mol. The molecule has 1 aliphatic carbocycles. The fourth-order valence-electron chi connectivity index (χ4n) is 2.42. The average molecular weight is 239 g/mol. The fraction of sp³-hybridized carbons (Fsp3) is 0.692. The lowest BCUT2D eigenvalue weighted by atomic mass is 9.95. The molecule has 1 heterocycles. The van der Waals surface area contributed by atoms with E-state index < -0.39 is 0 Å². The molecule has 1 aliphatic rings.